The molecule has 20 heavy (non-hydrogen) atoms. The third kappa shape index (κ3) is 3.52. The van der Waals surface area contributed by atoms with Crippen molar-refractivity contribution in [1.29, 1.82) is 0 Å². The van der Waals surface area contributed by atoms with Gasteiger partial charge in [0.1, 0.15) is 0 Å². The number of hydrogen-bond acceptors (Lipinski definition) is 3. The summed E-state index contributed by atoms with van der Waals surface area (Å²) in [5, 5.41) is 3.74. The minimum atomic E-state index is -3.48. The van der Waals surface area contributed by atoms with Crippen LogP contribution in [0.2, 0.25) is 5.02 Å². The van der Waals surface area contributed by atoms with E-state index in [4.69, 9.17) is 11.6 Å². The van der Waals surface area contributed by atoms with Crippen LogP contribution in [0.3, 0.4) is 0 Å². The fraction of sp³-hybridized carbons (Fsp3) is 0.571. The second-order valence-corrected chi connectivity index (χ2v) is 7.64. The van der Waals surface area contributed by atoms with Crippen molar-refractivity contribution in [2.24, 2.45) is 0 Å². The maximum atomic E-state index is 12.4. The standard InChI is InChI=1S/C14H21ClN2O2S/c1-3-16-10-11-9-12(5-6-13(11)15)20(18,19)17-14(2)7-4-8-14/h5-6,9,16-17H,3-4,7-8,10H2,1-2H3. The molecule has 4 nitrogen and oxygen atoms in total. The van der Waals surface area contributed by atoms with Crippen LogP contribution in [0.4, 0.5) is 0 Å². The van der Waals surface area contributed by atoms with Crippen LogP contribution >= 0.6 is 11.6 Å². The number of halogens is 1. The van der Waals surface area contributed by atoms with Crippen LogP contribution in [0.5, 0.6) is 0 Å². The molecular formula is C14H21ClN2O2S. The van der Waals surface area contributed by atoms with E-state index in [0.717, 1.165) is 31.4 Å². The first-order chi connectivity index (χ1) is 9.36. The Labute approximate surface area is 126 Å². The summed E-state index contributed by atoms with van der Waals surface area (Å²) >= 11 is 6.10. The molecule has 0 aromatic heterocycles. The number of rotatable bonds is 6. The molecule has 1 aliphatic carbocycles. The smallest absolute Gasteiger partial charge is 0.241 e. The molecule has 0 bridgehead atoms. The maximum Gasteiger partial charge on any atom is 0.241 e. The molecule has 0 amide bonds. The first-order valence-corrected chi connectivity index (χ1v) is 8.75. The van der Waals surface area contributed by atoms with E-state index in [1.807, 2.05) is 13.8 Å². The maximum absolute atomic E-state index is 12.4. The van der Waals surface area contributed by atoms with E-state index in [0.29, 0.717) is 11.6 Å². The lowest BCUT2D eigenvalue weighted by Gasteiger charge is -2.38. The Morgan fingerprint density at radius 2 is 2.05 bits per heavy atom. The highest BCUT2D eigenvalue weighted by molar-refractivity contribution is 7.89. The zero-order valence-electron chi connectivity index (χ0n) is 11.9. The van der Waals surface area contributed by atoms with E-state index >= 15 is 0 Å². The van der Waals surface area contributed by atoms with Crippen molar-refractivity contribution in [3.63, 3.8) is 0 Å². The fourth-order valence-corrected chi connectivity index (χ4v) is 4.01. The summed E-state index contributed by atoms with van der Waals surface area (Å²) in [6, 6.07) is 4.85. The first kappa shape index (κ1) is 15.8. The Morgan fingerprint density at radius 3 is 2.60 bits per heavy atom. The van der Waals surface area contributed by atoms with Crippen LogP contribution in [-0.4, -0.2) is 20.5 Å². The van der Waals surface area contributed by atoms with Crippen molar-refractivity contribution in [1.82, 2.24) is 10.0 Å². The number of hydrogen-bond donors (Lipinski definition) is 2. The van der Waals surface area contributed by atoms with Gasteiger partial charge in [-0.3, -0.25) is 0 Å². The van der Waals surface area contributed by atoms with Gasteiger partial charge in [-0.15, -0.1) is 0 Å². The highest BCUT2D eigenvalue weighted by Gasteiger charge is 2.36. The van der Waals surface area contributed by atoms with Crippen molar-refractivity contribution >= 4 is 21.6 Å². The summed E-state index contributed by atoms with van der Waals surface area (Å²) in [6.45, 7) is 5.32. The minimum Gasteiger partial charge on any atom is -0.313 e. The predicted molar refractivity (Wildman–Crippen MR) is 81.4 cm³/mol. The fourth-order valence-electron chi connectivity index (χ4n) is 2.31. The average Bonchev–Trinajstić information content (AvgIpc) is 2.35. The second kappa shape index (κ2) is 6.02. The van der Waals surface area contributed by atoms with E-state index in [2.05, 4.69) is 10.0 Å². The molecule has 1 fully saturated rings. The molecule has 2 N–H and O–H groups in total. The molecule has 0 aliphatic heterocycles. The van der Waals surface area contributed by atoms with Crippen LogP contribution in [0, 0.1) is 0 Å². The molecule has 0 unspecified atom stereocenters. The predicted octanol–water partition coefficient (Wildman–Crippen LogP) is 2.67. The first-order valence-electron chi connectivity index (χ1n) is 6.89. The van der Waals surface area contributed by atoms with Gasteiger partial charge in [-0.25, -0.2) is 13.1 Å². The number of sulfonamides is 1. The molecule has 1 aromatic carbocycles. The highest BCUT2D eigenvalue weighted by Crippen LogP contribution is 2.33. The van der Waals surface area contributed by atoms with Gasteiger partial charge in [-0.1, -0.05) is 18.5 Å². The van der Waals surface area contributed by atoms with E-state index in [9.17, 15) is 8.42 Å². The molecule has 1 aliphatic rings. The zero-order chi connectivity index (χ0) is 14.8. The Kier molecular flexibility index (Phi) is 4.74. The monoisotopic (exact) mass is 316 g/mol. The minimum absolute atomic E-state index is 0.280. The van der Waals surface area contributed by atoms with Crippen molar-refractivity contribution in [2.75, 3.05) is 6.54 Å². The van der Waals surface area contributed by atoms with Crippen LogP contribution in [-0.2, 0) is 16.6 Å². The van der Waals surface area contributed by atoms with Crippen LogP contribution < -0.4 is 10.0 Å². The van der Waals surface area contributed by atoms with Gasteiger partial charge >= 0.3 is 0 Å². The van der Waals surface area contributed by atoms with Crippen LogP contribution in [0.15, 0.2) is 23.1 Å². The van der Waals surface area contributed by atoms with E-state index in [1.165, 1.54) is 0 Å². The average molecular weight is 317 g/mol. The summed E-state index contributed by atoms with van der Waals surface area (Å²) in [5.74, 6) is 0. The molecule has 1 saturated carbocycles. The number of nitrogens with one attached hydrogen (secondary N) is 2. The summed E-state index contributed by atoms with van der Waals surface area (Å²) < 4.78 is 27.6. The summed E-state index contributed by atoms with van der Waals surface area (Å²) in [7, 11) is -3.48. The van der Waals surface area contributed by atoms with Crippen LogP contribution in [0.1, 0.15) is 38.7 Å². The third-order valence-corrected chi connectivity index (χ3v) is 5.74. The second-order valence-electron chi connectivity index (χ2n) is 5.55. The van der Waals surface area contributed by atoms with Gasteiger partial charge in [0.25, 0.3) is 0 Å². The highest BCUT2D eigenvalue weighted by atomic mass is 35.5. The molecule has 0 radical (unpaired) electrons. The van der Waals surface area contributed by atoms with Gasteiger partial charge in [0.2, 0.25) is 10.0 Å². The Balaban J connectivity index is 2.22. The van der Waals surface area contributed by atoms with E-state index in [-0.39, 0.29) is 10.4 Å². The molecular weight excluding hydrogens is 296 g/mol. The van der Waals surface area contributed by atoms with Gasteiger partial charge in [0, 0.05) is 17.1 Å². The molecule has 6 heteroatoms. The number of benzene rings is 1. The summed E-state index contributed by atoms with van der Waals surface area (Å²) in [5.41, 5.74) is 0.510. The SMILES string of the molecule is CCNCc1cc(S(=O)(=O)NC2(C)CCC2)ccc1Cl. The molecule has 0 spiro atoms. The van der Waals surface area contributed by atoms with Gasteiger partial charge in [0.05, 0.1) is 4.90 Å². The zero-order valence-corrected chi connectivity index (χ0v) is 13.4. The quantitative estimate of drug-likeness (QED) is 0.848. The molecule has 0 atom stereocenters. The van der Waals surface area contributed by atoms with Crippen molar-refractivity contribution in [3.05, 3.63) is 28.8 Å². The van der Waals surface area contributed by atoms with Crippen LogP contribution in [0.25, 0.3) is 0 Å². The Bertz CT molecular complexity index is 583. The lowest BCUT2D eigenvalue weighted by Crippen LogP contribution is -2.50. The topological polar surface area (TPSA) is 58.2 Å². The van der Waals surface area contributed by atoms with E-state index in [1.54, 1.807) is 18.2 Å². The van der Waals surface area contributed by atoms with Crippen molar-refractivity contribution in [3.8, 4) is 0 Å². The molecule has 0 heterocycles. The normalized spacial score (nSPS) is 17.8. The van der Waals surface area contributed by atoms with Crippen molar-refractivity contribution < 1.29 is 8.42 Å². The van der Waals surface area contributed by atoms with Gasteiger partial charge in [0.15, 0.2) is 0 Å². The molecule has 0 saturated heterocycles. The van der Waals surface area contributed by atoms with Gasteiger partial charge in [-0.05, 0) is 56.5 Å². The van der Waals surface area contributed by atoms with Crippen molar-refractivity contribution in [2.45, 2.75) is 50.1 Å². The summed E-state index contributed by atoms with van der Waals surface area (Å²) in [6.07, 6.45) is 2.86. The molecule has 112 valence electrons. The van der Waals surface area contributed by atoms with Gasteiger partial charge in [-0.2, -0.15) is 0 Å². The Morgan fingerprint density at radius 1 is 1.35 bits per heavy atom. The Hall–Kier alpha value is -0.620. The lowest BCUT2D eigenvalue weighted by molar-refractivity contribution is 0.248. The molecule has 2 rings (SSSR count). The molecule has 1 aromatic rings. The van der Waals surface area contributed by atoms with E-state index < -0.39 is 10.0 Å². The lowest BCUT2D eigenvalue weighted by atomic mass is 9.80. The third-order valence-electron chi connectivity index (χ3n) is 3.73. The summed E-state index contributed by atoms with van der Waals surface area (Å²) in [4.78, 5) is 0.280. The van der Waals surface area contributed by atoms with Gasteiger partial charge < -0.3 is 5.32 Å². The largest absolute Gasteiger partial charge is 0.313 e.